The van der Waals surface area contributed by atoms with Crippen LogP contribution in [0, 0.1) is 30.6 Å². The molecule has 3 aromatic rings. The van der Waals surface area contributed by atoms with Crippen LogP contribution in [0.3, 0.4) is 0 Å². The van der Waals surface area contributed by atoms with Gasteiger partial charge in [0.1, 0.15) is 5.75 Å². The average Bonchev–Trinajstić information content (AvgIpc) is 3.43. The minimum atomic E-state index is -1.50. The van der Waals surface area contributed by atoms with E-state index in [9.17, 15) is 29.4 Å². The third kappa shape index (κ3) is 4.70. The number of carbonyl (C=O) groups is 5. The number of aromatic hydroxyl groups is 1. The number of phenolic OH excluding ortho intramolecular Hbond substituents is 1. The Kier molecular flexibility index (Phi) is 7.54. The minimum Gasteiger partial charge on any atom is -0.508 e. The second kappa shape index (κ2) is 11.5. The van der Waals surface area contributed by atoms with Crippen LogP contribution < -0.4 is 5.43 Å². The molecule has 0 aromatic heterocycles. The Labute approximate surface area is 279 Å². The third-order valence-corrected chi connectivity index (χ3v) is 10.8. The summed E-state index contributed by atoms with van der Waals surface area (Å²) in [5, 5.41) is 21.8. The fourth-order valence-electron chi connectivity index (χ4n) is 8.34. The molecule has 7 rings (SSSR count). The van der Waals surface area contributed by atoms with Crippen LogP contribution in [-0.2, 0) is 29.4 Å². The van der Waals surface area contributed by atoms with E-state index in [1.807, 2.05) is 55.5 Å². The number of benzene rings is 3. The van der Waals surface area contributed by atoms with Gasteiger partial charge in [-0.3, -0.25) is 34.3 Å². The molecule has 0 bridgehead atoms. The smallest absolute Gasteiger partial charge is 0.305 e. The summed E-state index contributed by atoms with van der Waals surface area (Å²) in [6.45, 7) is 1.70. The van der Waals surface area contributed by atoms with Gasteiger partial charge >= 0.3 is 5.97 Å². The summed E-state index contributed by atoms with van der Waals surface area (Å²) in [5.74, 6) is -7.02. The molecule has 0 spiro atoms. The number of hydrogen-bond acceptors (Lipinski definition) is 7. The number of hydrogen-bond donors (Lipinski definition) is 3. The summed E-state index contributed by atoms with van der Waals surface area (Å²) >= 11 is 3.53. The van der Waals surface area contributed by atoms with Crippen LogP contribution >= 0.6 is 15.9 Å². The van der Waals surface area contributed by atoms with Crippen LogP contribution in [0.2, 0.25) is 0 Å². The first-order valence-corrected chi connectivity index (χ1v) is 16.4. The first-order chi connectivity index (χ1) is 22.5. The van der Waals surface area contributed by atoms with E-state index in [2.05, 4.69) is 21.4 Å². The number of nitrogens with one attached hydrogen (secondary N) is 1. The lowest BCUT2D eigenvalue weighted by Crippen LogP contribution is -2.53. The number of halogens is 1. The topological polar surface area (TPSA) is 144 Å². The number of fused-ring (bicyclic) bond motifs is 4. The molecule has 2 heterocycles. The van der Waals surface area contributed by atoms with E-state index in [0.717, 1.165) is 15.5 Å². The monoisotopic (exact) mass is 697 g/mol. The highest BCUT2D eigenvalue weighted by molar-refractivity contribution is 9.10. The molecule has 0 radical (unpaired) electrons. The van der Waals surface area contributed by atoms with Crippen LogP contribution in [-0.4, -0.2) is 56.3 Å². The molecule has 3 aromatic carbocycles. The van der Waals surface area contributed by atoms with Gasteiger partial charge in [-0.2, -0.15) is 5.01 Å². The molecule has 2 aliphatic heterocycles. The van der Waals surface area contributed by atoms with E-state index in [1.54, 1.807) is 24.3 Å². The van der Waals surface area contributed by atoms with Gasteiger partial charge in [-0.25, -0.2) is 0 Å². The van der Waals surface area contributed by atoms with E-state index < -0.39 is 64.6 Å². The van der Waals surface area contributed by atoms with Crippen LogP contribution in [0.15, 0.2) is 88.9 Å². The summed E-state index contributed by atoms with van der Waals surface area (Å²) in [7, 11) is 0. The largest absolute Gasteiger partial charge is 0.508 e. The van der Waals surface area contributed by atoms with Crippen molar-refractivity contribution in [2.45, 2.75) is 37.5 Å². The summed E-state index contributed by atoms with van der Waals surface area (Å²) in [6, 6.07) is 21.3. The summed E-state index contributed by atoms with van der Waals surface area (Å²) < 4.78 is 0.653. The number of likely N-dealkylation sites (tertiary alicyclic amines) is 1. The average molecular weight is 699 g/mol. The standard InChI is InChI=1S/C36H32BrN3O7/c1-19-7-10-22(11-8-19)38-40-33(45)27-18-25-23(12-13-24-30(25)34(46)39(32(24)44)16-15-29(42)43)31(26-17-21(37)9-14-28(26)41)36(27,35(40)47)20-5-3-2-4-6-20/h2-12,14,17,24-25,27,30-31,38,41H,13,15-16,18H2,1H3,(H,42,43). The number of carboxylic acids is 1. The summed E-state index contributed by atoms with van der Waals surface area (Å²) in [5.41, 5.74) is 4.82. The lowest BCUT2D eigenvalue weighted by Gasteiger charge is -2.50. The minimum absolute atomic E-state index is 0.0713. The van der Waals surface area contributed by atoms with Crippen molar-refractivity contribution in [3.05, 3.63) is 106 Å². The maximum absolute atomic E-state index is 15.1. The molecule has 2 saturated heterocycles. The molecule has 1 saturated carbocycles. The Morgan fingerprint density at radius 2 is 1.68 bits per heavy atom. The predicted octanol–water partition coefficient (Wildman–Crippen LogP) is 4.92. The molecule has 3 fully saturated rings. The number of phenols is 1. The van der Waals surface area contributed by atoms with Gasteiger partial charge in [-0.15, -0.1) is 0 Å². The number of carbonyl (C=O) groups excluding carboxylic acids is 4. The van der Waals surface area contributed by atoms with Crippen molar-refractivity contribution in [1.82, 2.24) is 9.91 Å². The number of amides is 4. The number of aryl methyl sites for hydroxylation is 1. The van der Waals surface area contributed by atoms with E-state index >= 15 is 4.79 Å². The number of anilines is 1. The Morgan fingerprint density at radius 3 is 2.38 bits per heavy atom. The van der Waals surface area contributed by atoms with Gasteiger partial charge in [-0.1, -0.05) is 75.6 Å². The maximum atomic E-state index is 15.1. The number of nitrogens with zero attached hydrogens (tertiary/aromatic N) is 2. The van der Waals surface area contributed by atoms with Crippen molar-refractivity contribution in [2.75, 3.05) is 12.0 Å². The van der Waals surface area contributed by atoms with Crippen molar-refractivity contribution < 1.29 is 34.2 Å². The van der Waals surface area contributed by atoms with Crippen molar-refractivity contribution in [3.63, 3.8) is 0 Å². The van der Waals surface area contributed by atoms with Gasteiger partial charge in [0.05, 0.1) is 35.3 Å². The molecule has 10 nitrogen and oxygen atoms in total. The van der Waals surface area contributed by atoms with Gasteiger partial charge in [-0.05, 0) is 61.6 Å². The molecule has 240 valence electrons. The highest BCUT2D eigenvalue weighted by atomic mass is 79.9. The molecule has 47 heavy (non-hydrogen) atoms. The molecule has 3 N–H and O–H groups in total. The fraction of sp³-hybridized carbons (Fsp3) is 0.306. The maximum Gasteiger partial charge on any atom is 0.305 e. The van der Waals surface area contributed by atoms with E-state index in [4.69, 9.17) is 0 Å². The summed E-state index contributed by atoms with van der Waals surface area (Å²) in [6.07, 6.45) is 1.84. The Bertz CT molecular complexity index is 1860. The molecule has 4 amide bonds. The lowest BCUT2D eigenvalue weighted by atomic mass is 9.49. The molecule has 2 aliphatic carbocycles. The first-order valence-electron chi connectivity index (χ1n) is 15.6. The number of aliphatic carboxylic acids is 1. The number of hydrazine groups is 1. The highest BCUT2D eigenvalue weighted by Crippen LogP contribution is 2.65. The summed E-state index contributed by atoms with van der Waals surface area (Å²) in [4.78, 5) is 69.5. The number of carboxylic acid groups (broad SMARTS) is 1. The fourth-order valence-corrected chi connectivity index (χ4v) is 8.72. The van der Waals surface area contributed by atoms with Crippen LogP contribution in [0.1, 0.15) is 41.9 Å². The lowest BCUT2D eigenvalue weighted by molar-refractivity contribution is -0.143. The van der Waals surface area contributed by atoms with Crippen LogP contribution in [0.5, 0.6) is 5.75 Å². The SMILES string of the molecule is Cc1ccc(NN2C(=O)C3CC4C(=CCC5C(=O)N(CCC(=O)O)C(=O)C54)C(c4cc(Br)ccc4O)C3(c3ccccc3)C2=O)cc1. The van der Waals surface area contributed by atoms with Crippen molar-refractivity contribution in [2.24, 2.45) is 23.7 Å². The third-order valence-electron chi connectivity index (χ3n) is 10.3. The quantitative estimate of drug-likeness (QED) is 0.233. The molecule has 6 atom stereocenters. The van der Waals surface area contributed by atoms with Gasteiger partial charge in [0.2, 0.25) is 11.8 Å². The molecular weight excluding hydrogens is 666 g/mol. The normalized spacial score (nSPS) is 28.1. The van der Waals surface area contributed by atoms with Gasteiger partial charge < -0.3 is 10.2 Å². The van der Waals surface area contributed by atoms with Crippen molar-refractivity contribution >= 4 is 51.2 Å². The second-order valence-corrected chi connectivity index (χ2v) is 13.7. The Balaban J connectivity index is 1.43. The molecule has 4 aliphatic rings. The van der Waals surface area contributed by atoms with E-state index in [0.29, 0.717) is 26.9 Å². The zero-order valence-corrected chi connectivity index (χ0v) is 27.0. The van der Waals surface area contributed by atoms with Crippen LogP contribution in [0.25, 0.3) is 0 Å². The van der Waals surface area contributed by atoms with Gasteiger partial charge in [0.25, 0.3) is 11.8 Å². The van der Waals surface area contributed by atoms with Gasteiger partial charge in [0, 0.05) is 22.5 Å². The zero-order chi connectivity index (χ0) is 33.2. The van der Waals surface area contributed by atoms with E-state index in [1.165, 1.54) is 6.07 Å². The highest BCUT2D eigenvalue weighted by Gasteiger charge is 2.70. The van der Waals surface area contributed by atoms with Crippen LogP contribution in [0.4, 0.5) is 5.69 Å². The number of imide groups is 2. The first kappa shape index (κ1) is 30.9. The Hall–Kier alpha value is -4.77. The zero-order valence-electron chi connectivity index (χ0n) is 25.4. The Morgan fingerprint density at radius 1 is 0.957 bits per heavy atom. The molecule has 6 unspecified atom stereocenters. The molecular formula is C36H32BrN3O7. The van der Waals surface area contributed by atoms with Gasteiger partial charge in [0.15, 0.2) is 0 Å². The molecule has 11 heteroatoms. The number of allylic oxidation sites excluding steroid dienone is 2. The van der Waals surface area contributed by atoms with Crippen molar-refractivity contribution in [1.29, 1.82) is 0 Å². The van der Waals surface area contributed by atoms with Crippen molar-refractivity contribution in [3.8, 4) is 5.75 Å². The van der Waals surface area contributed by atoms with E-state index in [-0.39, 0.29) is 31.6 Å². The second-order valence-electron chi connectivity index (χ2n) is 12.8. The number of rotatable bonds is 7. The predicted molar refractivity (Wildman–Crippen MR) is 174 cm³/mol.